The largest absolute Gasteiger partial charge is 0.455 e. The summed E-state index contributed by atoms with van der Waals surface area (Å²) >= 11 is 0. The first kappa shape index (κ1) is 38.5. The van der Waals surface area contributed by atoms with Crippen molar-refractivity contribution in [1.29, 1.82) is 0 Å². The lowest BCUT2D eigenvalue weighted by Gasteiger charge is -2.26. The van der Waals surface area contributed by atoms with Crippen LogP contribution in [0.5, 0.6) is 0 Å². The highest BCUT2D eigenvalue weighted by molar-refractivity contribution is 6.09. The standard InChI is InChI=1S/C63H45NO/c1-63(2)59-37-32-48(39-57(59)58-41-49(43-18-8-4-9-19-43)40-56(61(58)63)45-20-10-5-11-21-45)44-28-33-50(34-29-44)64(52-23-14-22-47(38-52)42-16-6-3-7-17-42)51-35-30-46(31-36-51)53-25-15-26-55-54-24-12-13-27-60(54)65-62(53)55/h3-41H,1-2H3. The van der Waals surface area contributed by atoms with Crippen molar-refractivity contribution in [2.45, 2.75) is 19.3 Å². The molecule has 0 amide bonds. The first-order valence-electron chi connectivity index (χ1n) is 22.5. The molecule has 10 aromatic carbocycles. The van der Waals surface area contributed by atoms with Crippen LogP contribution in [0.3, 0.4) is 0 Å². The maximum absolute atomic E-state index is 6.45. The summed E-state index contributed by atoms with van der Waals surface area (Å²) in [7, 11) is 0. The topological polar surface area (TPSA) is 16.4 Å². The Morgan fingerprint density at radius 1 is 0.323 bits per heavy atom. The molecule has 1 aliphatic rings. The van der Waals surface area contributed by atoms with Gasteiger partial charge in [0.2, 0.25) is 0 Å². The molecule has 0 atom stereocenters. The Kier molecular flexibility index (Phi) is 9.21. The molecule has 0 N–H and O–H groups in total. The third kappa shape index (κ3) is 6.65. The molecule has 0 fully saturated rings. The molecular formula is C63H45NO. The zero-order chi connectivity index (χ0) is 43.5. The van der Waals surface area contributed by atoms with Gasteiger partial charge in [-0.3, -0.25) is 0 Å². The van der Waals surface area contributed by atoms with Gasteiger partial charge in [-0.1, -0.05) is 190 Å². The Labute approximate surface area is 380 Å². The van der Waals surface area contributed by atoms with Crippen LogP contribution in [0.1, 0.15) is 25.0 Å². The predicted octanol–water partition coefficient (Wildman–Crippen LogP) is 17.7. The molecule has 0 bridgehead atoms. The van der Waals surface area contributed by atoms with Crippen LogP contribution in [-0.2, 0) is 5.41 Å². The average molecular weight is 832 g/mol. The van der Waals surface area contributed by atoms with Crippen molar-refractivity contribution in [2.24, 2.45) is 0 Å². The number of anilines is 3. The summed E-state index contributed by atoms with van der Waals surface area (Å²) in [6.45, 7) is 4.77. The van der Waals surface area contributed by atoms with Crippen molar-refractivity contribution in [3.05, 3.63) is 248 Å². The predicted molar refractivity (Wildman–Crippen MR) is 273 cm³/mol. The zero-order valence-corrected chi connectivity index (χ0v) is 36.4. The molecule has 65 heavy (non-hydrogen) atoms. The fraction of sp³-hybridized carbons (Fsp3) is 0.0476. The summed E-state index contributed by atoms with van der Waals surface area (Å²) in [5, 5.41) is 2.27. The lowest BCUT2D eigenvalue weighted by molar-refractivity contribution is 0.662. The Morgan fingerprint density at radius 3 is 1.52 bits per heavy atom. The third-order valence-corrected chi connectivity index (χ3v) is 13.4. The maximum atomic E-state index is 6.45. The van der Waals surface area contributed by atoms with E-state index in [2.05, 4.69) is 243 Å². The number of furan rings is 1. The fourth-order valence-corrected chi connectivity index (χ4v) is 10.3. The van der Waals surface area contributed by atoms with Crippen LogP contribution < -0.4 is 4.90 Å². The molecule has 0 spiro atoms. The van der Waals surface area contributed by atoms with E-state index in [1.54, 1.807) is 0 Å². The van der Waals surface area contributed by atoms with Crippen LogP contribution in [0.2, 0.25) is 0 Å². The summed E-state index contributed by atoms with van der Waals surface area (Å²) in [6.07, 6.45) is 0. The summed E-state index contributed by atoms with van der Waals surface area (Å²) in [5.41, 5.74) is 22.2. The van der Waals surface area contributed by atoms with E-state index in [9.17, 15) is 0 Å². The Bertz CT molecular complexity index is 3530. The number of nitrogens with zero attached hydrogens (tertiary/aromatic N) is 1. The molecule has 1 heterocycles. The van der Waals surface area contributed by atoms with Gasteiger partial charge in [-0.05, 0) is 133 Å². The van der Waals surface area contributed by atoms with Crippen LogP contribution in [0.25, 0.3) is 88.7 Å². The van der Waals surface area contributed by atoms with Crippen LogP contribution in [0.4, 0.5) is 17.1 Å². The van der Waals surface area contributed by atoms with E-state index in [1.165, 1.54) is 66.8 Å². The van der Waals surface area contributed by atoms with Gasteiger partial charge in [-0.15, -0.1) is 0 Å². The summed E-state index contributed by atoms with van der Waals surface area (Å²) in [5.74, 6) is 0. The molecule has 0 aliphatic heterocycles. The molecule has 12 rings (SSSR count). The number of para-hydroxylation sites is 2. The molecule has 0 saturated heterocycles. The Balaban J connectivity index is 0.944. The summed E-state index contributed by atoms with van der Waals surface area (Å²) in [6, 6.07) is 85.7. The van der Waals surface area contributed by atoms with Crippen molar-refractivity contribution in [3.8, 4) is 66.8 Å². The smallest absolute Gasteiger partial charge is 0.143 e. The Hall–Kier alpha value is -8.20. The van der Waals surface area contributed by atoms with Gasteiger partial charge in [0, 0.05) is 38.8 Å². The summed E-state index contributed by atoms with van der Waals surface area (Å²) < 4.78 is 6.45. The monoisotopic (exact) mass is 831 g/mol. The number of hydrogen-bond acceptors (Lipinski definition) is 2. The number of rotatable bonds is 8. The van der Waals surface area contributed by atoms with Crippen LogP contribution in [0.15, 0.2) is 241 Å². The molecule has 2 nitrogen and oxygen atoms in total. The molecule has 11 aromatic rings. The van der Waals surface area contributed by atoms with E-state index in [1.807, 2.05) is 12.1 Å². The van der Waals surface area contributed by atoms with Crippen molar-refractivity contribution >= 4 is 39.0 Å². The first-order chi connectivity index (χ1) is 32.0. The van der Waals surface area contributed by atoms with Crippen LogP contribution >= 0.6 is 0 Å². The SMILES string of the molecule is CC1(C)c2ccc(-c3ccc(N(c4ccc(-c5cccc6c5oc5ccccc56)cc4)c4cccc(-c5ccccc5)c4)cc3)cc2-c2cc(-c3ccccc3)cc(-c3ccccc3)c21. The van der Waals surface area contributed by atoms with E-state index in [0.29, 0.717) is 0 Å². The average Bonchev–Trinajstić information content (AvgIpc) is 3.87. The van der Waals surface area contributed by atoms with Crippen molar-refractivity contribution < 1.29 is 4.42 Å². The third-order valence-electron chi connectivity index (χ3n) is 13.4. The molecule has 1 aromatic heterocycles. The minimum Gasteiger partial charge on any atom is -0.455 e. The number of benzene rings is 10. The lowest BCUT2D eigenvalue weighted by Crippen LogP contribution is -2.16. The van der Waals surface area contributed by atoms with Gasteiger partial charge in [-0.25, -0.2) is 0 Å². The van der Waals surface area contributed by atoms with E-state index in [4.69, 9.17) is 4.42 Å². The van der Waals surface area contributed by atoms with Crippen LogP contribution in [0, 0.1) is 0 Å². The van der Waals surface area contributed by atoms with Gasteiger partial charge in [0.05, 0.1) is 0 Å². The Morgan fingerprint density at radius 2 is 0.815 bits per heavy atom. The molecule has 0 saturated carbocycles. The van der Waals surface area contributed by atoms with Crippen molar-refractivity contribution in [3.63, 3.8) is 0 Å². The normalized spacial score (nSPS) is 12.6. The minimum atomic E-state index is -0.170. The molecule has 0 unspecified atom stereocenters. The van der Waals surface area contributed by atoms with Gasteiger partial charge in [0.25, 0.3) is 0 Å². The van der Waals surface area contributed by atoms with Gasteiger partial charge in [0.1, 0.15) is 11.2 Å². The number of fused-ring (bicyclic) bond motifs is 6. The molecular weight excluding hydrogens is 787 g/mol. The van der Waals surface area contributed by atoms with Gasteiger partial charge in [-0.2, -0.15) is 0 Å². The second-order valence-electron chi connectivity index (χ2n) is 17.7. The van der Waals surface area contributed by atoms with E-state index < -0.39 is 0 Å². The highest BCUT2D eigenvalue weighted by Gasteiger charge is 2.38. The second kappa shape index (κ2) is 15.6. The lowest BCUT2D eigenvalue weighted by atomic mass is 9.78. The molecule has 0 radical (unpaired) electrons. The van der Waals surface area contributed by atoms with Gasteiger partial charge in [0.15, 0.2) is 0 Å². The number of hydrogen-bond donors (Lipinski definition) is 0. The minimum absolute atomic E-state index is 0.170. The summed E-state index contributed by atoms with van der Waals surface area (Å²) in [4.78, 5) is 2.36. The van der Waals surface area contributed by atoms with Gasteiger partial charge >= 0.3 is 0 Å². The van der Waals surface area contributed by atoms with Crippen molar-refractivity contribution in [2.75, 3.05) is 4.90 Å². The van der Waals surface area contributed by atoms with Crippen LogP contribution in [-0.4, -0.2) is 0 Å². The molecule has 1 aliphatic carbocycles. The molecule has 2 heteroatoms. The highest BCUT2D eigenvalue weighted by Crippen LogP contribution is 2.54. The maximum Gasteiger partial charge on any atom is 0.143 e. The first-order valence-corrected chi connectivity index (χ1v) is 22.5. The second-order valence-corrected chi connectivity index (χ2v) is 17.7. The quantitative estimate of drug-likeness (QED) is 0.152. The highest BCUT2D eigenvalue weighted by atomic mass is 16.3. The fourth-order valence-electron chi connectivity index (χ4n) is 10.3. The van der Waals surface area contributed by atoms with Crippen molar-refractivity contribution in [1.82, 2.24) is 0 Å². The van der Waals surface area contributed by atoms with Gasteiger partial charge < -0.3 is 9.32 Å². The van der Waals surface area contributed by atoms with E-state index in [0.717, 1.165) is 50.1 Å². The molecule has 308 valence electrons. The van der Waals surface area contributed by atoms with E-state index >= 15 is 0 Å². The zero-order valence-electron chi connectivity index (χ0n) is 36.4. The van der Waals surface area contributed by atoms with E-state index in [-0.39, 0.29) is 5.41 Å².